The summed E-state index contributed by atoms with van der Waals surface area (Å²) in [6, 6.07) is 7.15. The van der Waals surface area contributed by atoms with Crippen LogP contribution in [0.4, 0.5) is 4.39 Å². The molecule has 3 aliphatic rings. The zero-order valence-electron chi connectivity index (χ0n) is 14.7. The summed E-state index contributed by atoms with van der Waals surface area (Å²) in [5.41, 5.74) is 3.41. The van der Waals surface area contributed by atoms with E-state index in [-0.39, 0.29) is 5.82 Å². The second kappa shape index (κ2) is 4.80. The Morgan fingerprint density at radius 2 is 1.83 bits per heavy atom. The van der Waals surface area contributed by atoms with Crippen molar-refractivity contribution < 1.29 is 4.39 Å². The minimum absolute atomic E-state index is 0.150. The fraction of sp³-hybridized carbons (Fsp3) is 0.591. The van der Waals surface area contributed by atoms with Gasteiger partial charge in [-0.3, -0.25) is 4.98 Å². The van der Waals surface area contributed by atoms with Gasteiger partial charge in [0, 0.05) is 11.6 Å². The van der Waals surface area contributed by atoms with E-state index >= 15 is 0 Å². The molecule has 5 rings (SSSR count). The first-order valence-corrected chi connectivity index (χ1v) is 9.51. The molecule has 0 spiro atoms. The Kier molecular flexibility index (Phi) is 2.98. The molecule has 1 heterocycles. The van der Waals surface area contributed by atoms with E-state index in [9.17, 15) is 4.39 Å². The molecule has 0 bridgehead atoms. The van der Waals surface area contributed by atoms with E-state index in [1.807, 2.05) is 12.3 Å². The number of pyridine rings is 1. The van der Waals surface area contributed by atoms with Crippen molar-refractivity contribution in [3.8, 4) is 0 Å². The van der Waals surface area contributed by atoms with Crippen LogP contribution in [0.15, 0.2) is 30.5 Å². The third kappa shape index (κ3) is 2.14. The Balaban J connectivity index is 1.46. The lowest BCUT2D eigenvalue weighted by Gasteiger charge is -2.26. The highest BCUT2D eigenvalue weighted by molar-refractivity contribution is 5.82. The zero-order chi connectivity index (χ0) is 16.5. The highest BCUT2D eigenvalue weighted by Crippen LogP contribution is 2.67. The van der Waals surface area contributed by atoms with Gasteiger partial charge in [-0.05, 0) is 96.9 Å². The largest absolute Gasteiger partial charge is 0.256 e. The lowest BCUT2D eigenvalue weighted by atomic mass is 9.79. The van der Waals surface area contributed by atoms with Gasteiger partial charge >= 0.3 is 0 Å². The molecule has 0 amide bonds. The molecule has 0 aliphatic heterocycles. The van der Waals surface area contributed by atoms with Crippen LogP contribution in [0.25, 0.3) is 10.9 Å². The average Bonchev–Trinajstić information content (AvgIpc) is 3.09. The monoisotopic (exact) mass is 323 g/mol. The quantitative estimate of drug-likeness (QED) is 0.652. The van der Waals surface area contributed by atoms with Crippen LogP contribution < -0.4 is 0 Å². The van der Waals surface area contributed by atoms with Crippen molar-refractivity contribution in [2.24, 2.45) is 22.7 Å². The summed E-state index contributed by atoms with van der Waals surface area (Å²) in [6.07, 6.45) is 10.2. The van der Waals surface area contributed by atoms with Crippen molar-refractivity contribution in [1.29, 1.82) is 0 Å². The SMILES string of the molecule is CC1(C2CC3CC(c4ccnc5ccc(F)cc45)CC3(C)C2)CC1. The number of hydrogen-bond acceptors (Lipinski definition) is 1. The fourth-order valence-electron chi connectivity index (χ4n) is 5.93. The van der Waals surface area contributed by atoms with Crippen molar-refractivity contribution in [3.05, 3.63) is 41.8 Å². The predicted molar refractivity (Wildman–Crippen MR) is 95.3 cm³/mol. The highest BCUT2D eigenvalue weighted by atomic mass is 19.1. The Morgan fingerprint density at radius 3 is 2.58 bits per heavy atom. The normalized spacial score (nSPS) is 36.9. The molecule has 4 unspecified atom stereocenters. The molecule has 0 N–H and O–H groups in total. The number of halogens is 1. The summed E-state index contributed by atoms with van der Waals surface area (Å²) in [4.78, 5) is 4.43. The fourth-order valence-corrected chi connectivity index (χ4v) is 5.93. The molecule has 4 atom stereocenters. The van der Waals surface area contributed by atoms with E-state index in [1.165, 1.54) is 50.2 Å². The Labute approximate surface area is 143 Å². The maximum absolute atomic E-state index is 13.8. The maximum Gasteiger partial charge on any atom is 0.123 e. The molecule has 3 fully saturated rings. The molecule has 3 aliphatic carbocycles. The third-order valence-corrected chi connectivity index (χ3v) is 7.75. The zero-order valence-corrected chi connectivity index (χ0v) is 14.7. The molecule has 3 saturated carbocycles. The van der Waals surface area contributed by atoms with E-state index < -0.39 is 0 Å². The molecule has 2 heteroatoms. The van der Waals surface area contributed by atoms with Gasteiger partial charge in [0.25, 0.3) is 0 Å². The van der Waals surface area contributed by atoms with Crippen molar-refractivity contribution in [3.63, 3.8) is 0 Å². The molecule has 0 saturated heterocycles. The second-order valence-corrected chi connectivity index (χ2v) is 9.34. The topological polar surface area (TPSA) is 12.9 Å². The Hall–Kier alpha value is -1.44. The summed E-state index contributed by atoms with van der Waals surface area (Å²) < 4.78 is 13.8. The molecular formula is C22H26FN. The van der Waals surface area contributed by atoms with Crippen LogP contribution in [0.3, 0.4) is 0 Å². The molecule has 1 nitrogen and oxygen atoms in total. The number of benzene rings is 1. The van der Waals surface area contributed by atoms with Crippen LogP contribution in [0.2, 0.25) is 0 Å². The van der Waals surface area contributed by atoms with Gasteiger partial charge < -0.3 is 0 Å². The lowest BCUT2D eigenvalue weighted by Crippen LogP contribution is -2.16. The minimum atomic E-state index is -0.150. The van der Waals surface area contributed by atoms with Gasteiger partial charge in [-0.15, -0.1) is 0 Å². The Bertz CT molecular complexity index is 809. The number of hydrogen-bond donors (Lipinski definition) is 0. The standard InChI is InChI=1S/C22H26FN/c1-21(6-7-21)16-10-15-9-14(12-22(15,2)13-16)18-5-8-24-20-4-3-17(23)11-19(18)20/h3-5,8,11,14-16H,6-7,9-10,12-13H2,1-2H3. The van der Waals surface area contributed by atoms with Gasteiger partial charge in [-0.25, -0.2) is 4.39 Å². The van der Waals surface area contributed by atoms with Gasteiger partial charge in [0.05, 0.1) is 5.52 Å². The first-order valence-electron chi connectivity index (χ1n) is 9.51. The smallest absolute Gasteiger partial charge is 0.123 e. The highest BCUT2D eigenvalue weighted by Gasteiger charge is 2.57. The number of nitrogens with zero attached hydrogens (tertiary/aromatic N) is 1. The third-order valence-electron chi connectivity index (χ3n) is 7.75. The molecule has 1 aromatic heterocycles. The van der Waals surface area contributed by atoms with E-state index in [4.69, 9.17) is 0 Å². The van der Waals surface area contributed by atoms with Crippen LogP contribution in [0, 0.1) is 28.5 Å². The van der Waals surface area contributed by atoms with Gasteiger partial charge in [0.15, 0.2) is 0 Å². The predicted octanol–water partition coefficient (Wildman–Crippen LogP) is 6.08. The number of rotatable bonds is 2. The van der Waals surface area contributed by atoms with Gasteiger partial charge in [0.1, 0.15) is 5.82 Å². The molecule has 24 heavy (non-hydrogen) atoms. The van der Waals surface area contributed by atoms with Crippen molar-refractivity contribution in [2.75, 3.05) is 0 Å². The lowest BCUT2D eigenvalue weighted by molar-refractivity contribution is 0.254. The molecule has 126 valence electrons. The van der Waals surface area contributed by atoms with Crippen molar-refractivity contribution in [1.82, 2.24) is 4.98 Å². The summed E-state index contributed by atoms with van der Waals surface area (Å²) in [6.45, 7) is 5.02. The van der Waals surface area contributed by atoms with Gasteiger partial charge in [-0.2, -0.15) is 0 Å². The first kappa shape index (κ1) is 14.9. The number of aromatic nitrogens is 1. The van der Waals surface area contributed by atoms with Crippen molar-refractivity contribution >= 4 is 10.9 Å². The van der Waals surface area contributed by atoms with Gasteiger partial charge in [-0.1, -0.05) is 13.8 Å². The second-order valence-electron chi connectivity index (χ2n) is 9.34. The first-order chi connectivity index (χ1) is 11.5. The summed E-state index contributed by atoms with van der Waals surface area (Å²) in [7, 11) is 0. The maximum atomic E-state index is 13.8. The van der Waals surface area contributed by atoms with E-state index in [2.05, 4.69) is 24.9 Å². The summed E-state index contributed by atoms with van der Waals surface area (Å²) in [5.74, 6) is 2.21. The van der Waals surface area contributed by atoms with Crippen LogP contribution in [-0.4, -0.2) is 4.98 Å². The van der Waals surface area contributed by atoms with Crippen LogP contribution in [0.1, 0.15) is 63.9 Å². The average molecular weight is 323 g/mol. The van der Waals surface area contributed by atoms with E-state index in [0.717, 1.165) is 22.7 Å². The van der Waals surface area contributed by atoms with E-state index in [1.54, 1.807) is 6.07 Å². The van der Waals surface area contributed by atoms with Gasteiger partial charge in [0.2, 0.25) is 0 Å². The van der Waals surface area contributed by atoms with E-state index in [0.29, 0.717) is 16.7 Å². The van der Waals surface area contributed by atoms with Crippen molar-refractivity contribution in [2.45, 2.75) is 58.3 Å². The van der Waals surface area contributed by atoms with Crippen LogP contribution in [0.5, 0.6) is 0 Å². The summed E-state index contributed by atoms with van der Waals surface area (Å²) >= 11 is 0. The minimum Gasteiger partial charge on any atom is -0.256 e. The Morgan fingerprint density at radius 1 is 1.00 bits per heavy atom. The number of fused-ring (bicyclic) bond motifs is 2. The van der Waals surface area contributed by atoms with Crippen LogP contribution in [-0.2, 0) is 0 Å². The van der Waals surface area contributed by atoms with Crippen LogP contribution >= 0.6 is 0 Å². The molecule has 1 aromatic carbocycles. The molecule has 2 aromatic rings. The molecular weight excluding hydrogens is 297 g/mol. The summed E-state index contributed by atoms with van der Waals surface area (Å²) in [5, 5.41) is 1.02. The molecule has 0 radical (unpaired) electrons.